The van der Waals surface area contributed by atoms with Crippen LogP contribution in [0.3, 0.4) is 0 Å². The number of hydrogen-bond donors (Lipinski definition) is 4. The number of nitrogens with one attached hydrogen (secondary N) is 3. The van der Waals surface area contributed by atoms with E-state index < -0.39 is 35.8 Å². The lowest BCUT2D eigenvalue weighted by atomic mass is 10.0. The van der Waals surface area contributed by atoms with Gasteiger partial charge >= 0.3 is 6.09 Å². The van der Waals surface area contributed by atoms with Crippen LogP contribution in [0.15, 0.2) is 24.3 Å². The lowest BCUT2D eigenvalue weighted by molar-refractivity contribution is -0.140. The van der Waals surface area contributed by atoms with Crippen LogP contribution < -0.4 is 20.7 Å². The molecule has 0 heterocycles. The van der Waals surface area contributed by atoms with E-state index in [1.165, 1.54) is 7.11 Å². The van der Waals surface area contributed by atoms with Crippen molar-refractivity contribution in [3.05, 3.63) is 29.8 Å². The maximum atomic E-state index is 12.4. The van der Waals surface area contributed by atoms with Crippen LogP contribution in [0.5, 0.6) is 5.75 Å². The van der Waals surface area contributed by atoms with Crippen molar-refractivity contribution in [2.45, 2.75) is 52.2 Å². The van der Waals surface area contributed by atoms with Crippen molar-refractivity contribution in [1.82, 2.24) is 16.0 Å². The Morgan fingerprint density at radius 3 is 2.34 bits per heavy atom. The lowest BCUT2D eigenvalue weighted by Crippen LogP contribution is -2.53. The van der Waals surface area contributed by atoms with E-state index in [1.54, 1.807) is 31.2 Å². The first-order valence-corrected chi connectivity index (χ1v) is 9.42. The summed E-state index contributed by atoms with van der Waals surface area (Å²) in [6, 6.07) is 4.99. The highest BCUT2D eigenvalue weighted by molar-refractivity contribution is 6.38. The molecule has 160 valence electrons. The highest BCUT2D eigenvalue weighted by Crippen LogP contribution is 2.12. The first-order chi connectivity index (χ1) is 13.7. The van der Waals surface area contributed by atoms with Gasteiger partial charge in [0, 0.05) is 6.54 Å². The average Bonchev–Trinajstić information content (AvgIpc) is 2.68. The number of amides is 3. The van der Waals surface area contributed by atoms with Gasteiger partial charge in [0.05, 0.1) is 13.2 Å². The molecule has 9 heteroatoms. The zero-order valence-corrected chi connectivity index (χ0v) is 17.2. The molecule has 0 saturated heterocycles. The van der Waals surface area contributed by atoms with E-state index >= 15 is 0 Å². The summed E-state index contributed by atoms with van der Waals surface area (Å²) in [5.74, 6) is -1.57. The third-order valence-electron chi connectivity index (χ3n) is 4.17. The molecule has 4 N–H and O–H groups in total. The Morgan fingerprint density at radius 2 is 1.79 bits per heavy atom. The van der Waals surface area contributed by atoms with Crippen LogP contribution in [0, 0.1) is 5.92 Å². The summed E-state index contributed by atoms with van der Waals surface area (Å²) in [7, 11) is 1.53. The first kappa shape index (κ1) is 23.9. The topological polar surface area (TPSA) is 134 Å². The number of ether oxygens (including phenoxy) is 1. The smallest absolute Gasteiger partial charge is 0.405 e. The van der Waals surface area contributed by atoms with Gasteiger partial charge in [0.25, 0.3) is 5.91 Å². The van der Waals surface area contributed by atoms with Crippen LogP contribution in [0.2, 0.25) is 0 Å². The summed E-state index contributed by atoms with van der Waals surface area (Å²) >= 11 is 0. The Balaban J connectivity index is 2.71. The molecule has 1 aromatic carbocycles. The minimum atomic E-state index is -1.33. The Labute approximate surface area is 170 Å². The fraction of sp³-hybridized carbons (Fsp3) is 0.500. The molecule has 0 radical (unpaired) electrons. The molecule has 1 rings (SSSR count). The van der Waals surface area contributed by atoms with Gasteiger partial charge in [-0.25, -0.2) is 4.79 Å². The Morgan fingerprint density at radius 1 is 1.10 bits per heavy atom. The molecule has 1 unspecified atom stereocenters. The molecular formula is C20H29N3O6. The van der Waals surface area contributed by atoms with Gasteiger partial charge in [-0.05, 0) is 36.5 Å². The molecule has 0 bridgehead atoms. The summed E-state index contributed by atoms with van der Waals surface area (Å²) in [6.45, 7) is 5.47. The van der Waals surface area contributed by atoms with Gasteiger partial charge < -0.3 is 25.8 Å². The monoisotopic (exact) mass is 407 g/mol. The molecule has 0 spiro atoms. The van der Waals surface area contributed by atoms with Gasteiger partial charge in [-0.15, -0.1) is 0 Å². The summed E-state index contributed by atoms with van der Waals surface area (Å²) in [5, 5.41) is 16.1. The number of benzene rings is 1. The van der Waals surface area contributed by atoms with Crippen molar-refractivity contribution in [2.75, 3.05) is 7.11 Å². The lowest BCUT2D eigenvalue weighted by Gasteiger charge is -2.22. The number of carboxylic acid groups (broad SMARTS) is 1. The number of rotatable bonds is 11. The maximum Gasteiger partial charge on any atom is 0.405 e. The fourth-order valence-corrected chi connectivity index (χ4v) is 2.69. The maximum absolute atomic E-state index is 12.4. The van der Waals surface area contributed by atoms with Crippen molar-refractivity contribution in [2.24, 2.45) is 5.92 Å². The van der Waals surface area contributed by atoms with Crippen LogP contribution in [0.25, 0.3) is 0 Å². The van der Waals surface area contributed by atoms with Gasteiger partial charge in [-0.2, -0.15) is 0 Å². The number of carbonyl (C=O) groups excluding carboxylic acids is 3. The number of Topliss-reactive ketones (excluding diaryl/α,β-unsaturated/α-hetero) is 1. The number of ketones is 1. The van der Waals surface area contributed by atoms with Gasteiger partial charge in [0.15, 0.2) is 0 Å². The van der Waals surface area contributed by atoms with E-state index in [4.69, 9.17) is 9.84 Å². The minimum absolute atomic E-state index is 0.0551. The molecule has 0 aromatic heterocycles. The summed E-state index contributed by atoms with van der Waals surface area (Å²) in [6.07, 6.45) is -0.870. The molecule has 1 aromatic rings. The predicted molar refractivity (Wildman–Crippen MR) is 106 cm³/mol. The second-order valence-electron chi connectivity index (χ2n) is 7.00. The molecule has 3 amide bonds. The predicted octanol–water partition coefficient (Wildman–Crippen LogP) is 1.46. The molecule has 0 aliphatic rings. The zero-order chi connectivity index (χ0) is 22.0. The van der Waals surface area contributed by atoms with Crippen molar-refractivity contribution in [3.63, 3.8) is 0 Å². The molecule has 9 nitrogen and oxygen atoms in total. The van der Waals surface area contributed by atoms with Gasteiger partial charge in [0.2, 0.25) is 11.7 Å². The molecule has 0 aliphatic carbocycles. The van der Waals surface area contributed by atoms with E-state index in [9.17, 15) is 19.2 Å². The van der Waals surface area contributed by atoms with Crippen LogP contribution >= 0.6 is 0 Å². The largest absolute Gasteiger partial charge is 0.497 e. The third kappa shape index (κ3) is 8.20. The van der Waals surface area contributed by atoms with E-state index in [1.807, 2.05) is 13.8 Å². The normalized spacial score (nSPS) is 12.6. The molecule has 0 saturated carbocycles. The SMILES string of the molecule is CCC(NC(=O)[C@H](CC(C)C)NC(=O)O)C(=O)C(=O)NCc1cccc(OC)c1. The van der Waals surface area contributed by atoms with E-state index in [-0.39, 0.29) is 25.3 Å². The van der Waals surface area contributed by atoms with Crippen molar-refractivity contribution < 1.29 is 29.0 Å². The summed E-state index contributed by atoms with van der Waals surface area (Å²) < 4.78 is 5.11. The van der Waals surface area contributed by atoms with Crippen LogP contribution in [0.1, 0.15) is 39.2 Å². The van der Waals surface area contributed by atoms with Crippen LogP contribution in [0.4, 0.5) is 4.79 Å². The van der Waals surface area contributed by atoms with Gasteiger partial charge in [-0.1, -0.05) is 32.9 Å². The molecule has 0 aliphatic heterocycles. The molecular weight excluding hydrogens is 378 g/mol. The highest BCUT2D eigenvalue weighted by Gasteiger charge is 2.29. The molecule has 29 heavy (non-hydrogen) atoms. The van der Waals surface area contributed by atoms with Crippen molar-refractivity contribution >= 4 is 23.7 Å². The fourth-order valence-electron chi connectivity index (χ4n) is 2.69. The van der Waals surface area contributed by atoms with Crippen molar-refractivity contribution in [1.29, 1.82) is 0 Å². The van der Waals surface area contributed by atoms with Crippen molar-refractivity contribution in [3.8, 4) is 5.75 Å². The van der Waals surface area contributed by atoms with E-state index in [2.05, 4.69) is 16.0 Å². The second-order valence-corrected chi connectivity index (χ2v) is 7.00. The average molecular weight is 407 g/mol. The summed E-state index contributed by atoms with van der Waals surface area (Å²) in [4.78, 5) is 48.0. The zero-order valence-electron chi connectivity index (χ0n) is 17.2. The number of hydrogen-bond acceptors (Lipinski definition) is 5. The molecule has 0 fully saturated rings. The Bertz CT molecular complexity index is 735. The Kier molecular flexibility index (Phi) is 9.64. The van der Waals surface area contributed by atoms with E-state index in [0.717, 1.165) is 5.56 Å². The van der Waals surface area contributed by atoms with Crippen LogP contribution in [-0.2, 0) is 20.9 Å². The number of carbonyl (C=O) groups is 4. The molecule has 2 atom stereocenters. The second kappa shape index (κ2) is 11.7. The minimum Gasteiger partial charge on any atom is -0.497 e. The van der Waals surface area contributed by atoms with Gasteiger partial charge in [-0.3, -0.25) is 14.4 Å². The quantitative estimate of drug-likeness (QED) is 0.410. The third-order valence-corrected chi connectivity index (χ3v) is 4.17. The highest BCUT2D eigenvalue weighted by atomic mass is 16.5. The Hall–Kier alpha value is -3.10. The summed E-state index contributed by atoms with van der Waals surface area (Å²) in [5.41, 5.74) is 0.755. The first-order valence-electron chi connectivity index (χ1n) is 9.42. The number of methoxy groups -OCH3 is 1. The van der Waals surface area contributed by atoms with E-state index in [0.29, 0.717) is 5.75 Å². The van der Waals surface area contributed by atoms with Gasteiger partial charge in [0.1, 0.15) is 11.8 Å². The standard InChI is InChI=1S/C20H29N3O6/c1-5-15(22-18(25)16(9-12(2)3)23-20(27)28)17(24)19(26)21-11-13-7-6-8-14(10-13)29-4/h6-8,10,12,15-16,23H,5,9,11H2,1-4H3,(H,21,26)(H,22,25)(H,27,28)/t15?,16-/m0/s1. The van der Waals surface area contributed by atoms with Crippen LogP contribution in [-0.4, -0.2) is 48.0 Å².